The molecular formula is C18H26ClN5O2. The summed E-state index contributed by atoms with van der Waals surface area (Å²) in [6.45, 7) is 4.64. The first-order valence-corrected chi connectivity index (χ1v) is 8.83. The van der Waals surface area contributed by atoms with E-state index in [2.05, 4.69) is 20.7 Å². The van der Waals surface area contributed by atoms with Crippen molar-refractivity contribution in [2.45, 2.75) is 32.1 Å². The van der Waals surface area contributed by atoms with Crippen molar-refractivity contribution in [2.24, 2.45) is 7.05 Å². The number of nitrogens with zero attached hydrogens (tertiary/aromatic N) is 3. The fourth-order valence-electron chi connectivity index (χ4n) is 2.89. The maximum Gasteiger partial charge on any atom is 0.258 e. The maximum atomic E-state index is 12.5. The number of amides is 1. The quantitative estimate of drug-likeness (QED) is 0.806. The van der Waals surface area contributed by atoms with Gasteiger partial charge in [0.1, 0.15) is 5.75 Å². The van der Waals surface area contributed by atoms with Gasteiger partial charge in [0.2, 0.25) is 5.95 Å². The van der Waals surface area contributed by atoms with Crippen molar-refractivity contribution >= 4 is 24.3 Å². The zero-order chi connectivity index (χ0) is 17.6. The number of carbonyl (C=O) groups excluding carboxylic acids is 1. The molecule has 2 aromatic rings. The first kappa shape index (κ1) is 20.2. The third-order valence-electron chi connectivity index (χ3n) is 4.28. The molecule has 7 nitrogen and oxygen atoms in total. The van der Waals surface area contributed by atoms with Gasteiger partial charge in [-0.2, -0.15) is 10.1 Å². The summed E-state index contributed by atoms with van der Waals surface area (Å²) in [5.74, 6) is 2.11. The van der Waals surface area contributed by atoms with Gasteiger partial charge in [-0.1, -0.05) is 13.0 Å². The number of nitrogens with one attached hydrogen (secondary N) is 2. The van der Waals surface area contributed by atoms with Gasteiger partial charge in [-0.05, 0) is 50.6 Å². The topological polar surface area (TPSA) is 81.1 Å². The zero-order valence-corrected chi connectivity index (χ0v) is 16.0. The number of carbonyl (C=O) groups is 1. The van der Waals surface area contributed by atoms with E-state index in [0.29, 0.717) is 29.8 Å². The molecule has 0 radical (unpaired) electrons. The van der Waals surface area contributed by atoms with E-state index in [4.69, 9.17) is 4.74 Å². The predicted octanol–water partition coefficient (Wildman–Crippen LogP) is 2.75. The molecule has 0 spiro atoms. The fourth-order valence-corrected chi connectivity index (χ4v) is 2.89. The normalized spacial score (nSPS) is 14.5. The number of halogens is 1. The van der Waals surface area contributed by atoms with Gasteiger partial charge in [0, 0.05) is 18.5 Å². The predicted molar refractivity (Wildman–Crippen MR) is 103 cm³/mol. The Kier molecular flexibility index (Phi) is 7.41. The minimum Gasteiger partial charge on any atom is -0.494 e. The van der Waals surface area contributed by atoms with Crippen LogP contribution in [0.4, 0.5) is 5.95 Å². The Morgan fingerprint density at radius 1 is 1.38 bits per heavy atom. The Hall–Kier alpha value is -2.12. The average molecular weight is 380 g/mol. The van der Waals surface area contributed by atoms with Crippen LogP contribution in [-0.2, 0) is 7.05 Å². The number of piperidine rings is 1. The van der Waals surface area contributed by atoms with Crippen molar-refractivity contribution in [2.75, 3.05) is 25.0 Å². The molecule has 1 saturated heterocycles. The maximum absolute atomic E-state index is 12.5. The second-order valence-corrected chi connectivity index (χ2v) is 6.27. The number of rotatable bonds is 6. The molecule has 1 aromatic carbocycles. The number of hydrogen-bond donors (Lipinski definition) is 2. The number of aromatic nitrogens is 3. The fraction of sp³-hybridized carbons (Fsp3) is 0.500. The molecule has 0 bridgehead atoms. The number of aryl methyl sites for hydroxylation is 1. The molecular weight excluding hydrogens is 354 g/mol. The van der Waals surface area contributed by atoms with Gasteiger partial charge in [-0.3, -0.25) is 10.1 Å². The van der Waals surface area contributed by atoms with Gasteiger partial charge < -0.3 is 10.1 Å². The first-order chi connectivity index (χ1) is 12.2. The molecule has 26 heavy (non-hydrogen) atoms. The highest BCUT2D eigenvalue weighted by Gasteiger charge is 2.21. The second-order valence-electron chi connectivity index (χ2n) is 6.27. The van der Waals surface area contributed by atoms with Gasteiger partial charge in [-0.25, -0.2) is 4.68 Å². The van der Waals surface area contributed by atoms with Crippen LogP contribution in [0.15, 0.2) is 24.3 Å². The van der Waals surface area contributed by atoms with Crippen molar-refractivity contribution in [3.8, 4) is 5.75 Å². The molecule has 142 valence electrons. The standard InChI is InChI=1S/C18H25N5O2.ClH/c1-3-11-25-15-6-4-5-14(12-15)17(24)21-18-20-16(22-23(18)2)13-7-9-19-10-8-13;/h4-6,12-13,19H,3,7-11H2,1-2H3,(H,20,21,22,24);1H. The summed E-state index contributed by atoms with van der Waals surface area (Å²) in [5.41, 5.74) is 0.542. The van der Waals surface area contributed by atoms with Crippen molar-refractivity contribution < 1.29 is 9.53 Å². The third-order valence-corrected chi connectivity index (χ3v) is 4.28. The molecule has 1 aromatic heterocycles. The molecule has 2 N–H and O–H groups in total. The van der Waals surface area contributed by atoms with E-state index in [1.54, 1.807) is 23.9 Å². The lowest BCUT2D eigenvalue weighted by Gasteiger charge is -2.19. The van der Waals surface area contributed by atoms with Crippen molar-refractivity contribution in [3.63, 3.8) is 0 Å². The van der Waals surface area contributed by atoms with Gasteiger partial charge in [0.05, 0.1) is 6.61 Å². The molecule has 0 aliphatic carbocycles. The van der Waals surface area contributed by atoms with E-state index >= 15 is 0 Å². The lowest BCUT2D eigenvalue weighted by Crippen LogP contribution is -2.27. The Morgan fingerprint density at radius 3 is 2.88 bits per heavy atom. The summed E-state index contributed by atoms with van der Waals surface area (Å²) in [7, 11) is 1.80. The molecule has 1 fully saturated rings. The minimum absolute atomic E-state index is 0. The lowest BCUT2D eigenvalue weighted by molar-refractivity contribution is 0.102. The molecule has 2 heterocycles. The summed E-state index contributed by atoms with van der Waals surface area (Å²) in [6, 6.07) is 7.17. The minimum atomic E-state index is -0.214. The van der Waals surface area contributed by atoms with Crippen LogP contribution in [0.1, 0.15) is 48.3 Å². The van der Waals surface area contributed by atoms with E-state index in [-0.39, 0.29) is 18.3 Å². The van der Waals surface area contributed by atoms with E-state index in [0.717, 1.165) is 38.2 Å². The molecule has 0 atom stereocenters. The van der Waals surface area contributed by atoms with Crippen LogP contribution in [0.3, 0.4) is 0 Å². The summed E-state index contributed by atoms with van der Waals surface area (Å²) < 4.78 is 7.22. The number of ether oxygens (including phenoxy) is 1. The number of hydrogen-bond acceptors (Lipinski definition) is 5. The molecule has 1 aliphatic heterocycles. The molecule has 8 heteroatoms. The molecule has 0 saturated carbocycles. The lowest BCUT2D eigenvalue weighted by atomic mass is 9.98. The number of anilines is 1. The summed E-state index contributed by atoms with van der Waals surface area (Å²) >= 11 is 0. The van der Waals surface area contributed by atoms with Crippen LogP contribution in [-0.4, -0.2) is 40.4 Å². The molecule has 1 aliphatic rings. The largest absolute Gasteiger partial charge is 0.494 e. The summed E-state index contributed by atoms with van der Waals surface area (Å²) in [6.07, 6.45) is 2.97. The van der Waals surface area contributed by atoms with Crippen LogP contribution >= 0.6 is 12.4 Å². The van der Waals surface area contributed by atoms with E-state index in [9.17, 15) is 4.79 Å². The number of benzene rings is 1. The highest BCUT2D eigenvalue weighted by molar-refractivity contribution is 6.03. The summed E-state index contributed by atoms with van der Waals surface area (Å²) in [4.78, 5) is 17.1. The highest BCUT2D eigenvalue weighted by Crippen LogP contribution is 2.23. The molecule has 1 amide bonds. The Morgan fingerprint density at radius 2 is 2.15 bits per heavy atom. The SMILES string of the molecule is CCCOc1cccc(C(=O)Nc2nc(C3CCNCC3)nn2C)c1.Cl. The van der Waals surface area contributed by atoms with Crippen LogP contribution in [0.2, 0.25) is 0 Å². The van der Waals surface area contributed by atoms with Crippen LogP contribution in [0, 0.1) is 0 Å². The van der Waals surface area contributed by atoms with Gasteiger partial charge in [0.15, 0.2) is 5.82 Å². The van der Waals surface area contributed by atoms with E-state index in [1.165, 1.54) is 0 Å². The Bertz CT molecular complexity index is 728. The molecule has 0 unspecified atom stereocenters. The third kappa shape index (κ3) is 4.95. The Balaban J connectivity index is 0.00000243. The molecule has 3 rings (SSSR count). The zero-order valence-electron chi connectivity index (χ0n) is 15.2. The van der Waals surface area contributed by atoms with E-state index < -0.39 is 0 Å². The van der Waals surface area contributed by atoms with Gasteiger partial charge in [0.25, 0.3) is 5.91 Å². The van der Waals surface area contributed by atoms with E-state index in [1.807, 2.05) is 19.1 Å². The van der Waals surface area contributed by atoms with Crippen molar-refractivity contribution in [1.29, 1.82) is 0 Å². The van der Waals surface area contributed by atoms with Crippen LogP contribution < -0.4 is 15.4 Å². The van der Waals surface area contributed by atoms with Crippen LogP contribution in [0.5, 0.6) is 5.75 Å². The van der Waals surface area contributed by atoms with Gasteiger partial charge >= 0.3 is 0 Å². The van der Waals surface area contributed by atoms with Crippen LogP contribution in [0.25, 0.3) is 0 Å². The average Bonchev–Trinajstić information content (AvgIpc) is 3.01. The highest BCUT2D eigenvalue weighted by atomic mass is 35.5. The van der Waals surface area contributed by atoms with Crippen molar-refractivity contribution in [3.05, 3.63) is 35.7 Å². The Labute approximate surface area is 159 Å². The van der Waals surface area contributed by atoms with Crippen molar-refractivity contribution in [1.82, 2.24) is 20.1 Å². The monoisotopic (exact) mass is 379 g/mol. The smallest absolute Gasteiger partial charge is 0.258 e. The second kappa shape index (κ2) is 9.54. The summed E-state index contributed by atoms with van der Waals surface area (Å²) in [5, 5.41) is 10.7. The first-order valence-electron chi connectivity index (χ1n) is 8.83. The van der Waals surface area contributed by atoms with Gasteiger partial charge in [-0.15, -0.1) is 12.4 Å².